The lowest BCUT2D eigenvalue weighted by Gasteiger charge is -2.23. The Morgan fingerprint density at radius 2 is 2.24 bits per heavy atom. The summed E-state index contributed by atoms with van der Waals surface area (Å²) < 4.78 is 5.25. The standard InChI is InChI=1S/C11H18N4O2/c1-11(2,17-3)6-15-9-4-7(10(13)16)8(12)5-14-9/h4-5H,6,12H2,1-3H3,(H2,13,16)(H,14,15). The molecule has 1 heterocycles. The minimum Gasteiger partial charge on any atom is -0.397 e. The average molecular weight is 238 g/mol. The molecule has 17 heavy (non-hydrogen) atoms. The summed E-state index contributed by atoms with van der Waals surface area (Å²) in [7, 11) is 1.63. The number of ether oxygens (including phenoxy) is 1. The number of hydrogen-bond donors (Lipinski definition) is 3. The van der Waals surface area contributed by atoms with E-state index in [4.69, 9.17) is 16.2 Å². The first-order valence-corrected chi connectivity index (χ1v) is 5.20. The molecular formula is C11H18N4O2. The van der Waals surface area contributed by atoms with E-state index in [0.717, 1.165) is 0 Å². The molecule has 0 aromatic carbocycles. The van der Waals surface area contributed by atoms with Crippen molar-refractivity contribution in [1.82, 2.24) is 4.98 Å². The number of rotatable bonds is 5. The number of carbonyl (C=O) groups excluding carboxylic acids is 1. The van der Waals surface area contributed by atoms with Crippen LogP contribution in [0.25, 0.3) is 0 Å². The second kappa shape index (κ2) is 5.01. The summed E-state index contributed by atoms with van der Waals surface area (Å²) in [4.78, 5) is 15.2. The molecule has 1 rings (SSSR count). The Kier molecular flexibility index (Phi) is 3.90. The van der Waals surface area contributed by atoms with Gasteiger partial charge in [-0.15, -0.1) is 0 Å². The third-order valence-electron chi connectivity index (χ3n) is 2.45. The van der Waals surface area contributed by atoms with Crippen LogP contribution in [0.15, 0.2) is 12.3 Å². The first kappa shape index (κ1) is 13.2. The quantitative estimate of drug-likeness (QED) is 0.697. The monoisotopic (exact) mass is 238 g/mol. The lowest BCUT2D eigenvalue weighted by atomic mass is 10.1. The maximum Gasteiger partial charge on any atom is 0.250 e. The van der Waals surface area contributed by atoms with Crippen LogP contribution < -0.4 is 16.8 Å². The third-order valence-corrected chi connectivity index (χ3v) is 2.45. The Morgan fingerprint density at radius 3 is 2.76 bits per heavy atom. The number of pyridine rings is 1. The largest absolute Gasteiger partial charge is 0.397 e. The van der Waals surface area contributed by atoms with E-state index >= 15 is 0 Å². The zero-order valence-electron chi connectivity index (χ0n) is 10.3. The van der Waals surface area contributed by atoms with Crippen LogP contribution >= 0.6 is 0 Å². The molecule has 0 aliphatic heterocycles. The molecule has 6 nitrogen and oxygen atoms in total. The highest BCUT2D eigenvalue weighted by Crippen LogP contribution is 2.15. The summed E-state index contributed by atoms with van der Waals surface area (Å²) in [5, 5.41) is 3.06. The smallest absolute Gasteiger partial charge is 0.250 e. The SMILES string of the molecule is COC(C)(C)CNc1cc(C(N)=O)c(N)cn1. The van der Waals surface area contributed by atoms with Crippen LogP contribution in [-0.2, 0) is 4.74 Å². The molecule has 94 valence electrons. The summed E-state index contributed by atoms with van der Waals surface area (Å²) in [5.41, 5.74) is 11.0. The van der Waals surface area contributed by atoms with Gasteiger partial charge in [-0.3, -0.25) is 4.79 Å². The fourth-order valence-electron chi connectivity index (χ4n) is 1.15. The predicted molar refractivity (Wildman–Crippen MR) is 66.7 cm³/mol. The summed E-state index contributed by atoms with van der Waals surface area (Å²) in [6.07, 6.45) is 1.40. The van der Waals surface area contributed by atoms with E-state index in [-0.39, 0.29) is 16.9 Å². The van der Waals surface area contributed by atoms with Crippen LogP contribution in [0.4, 0.5) is 11.5 Å². The van der Waals surface area contributed by atoms with Crippen LogP contribution in [0.5, 0.6) is 0 Å². The van der Waals surface area contributed by atoms with Gasteiger partial charge in [0, 0.05) is 13.7 Å². The number of amides is 1. The molecule has 0 saturated heterocycles. The molecule has 0 fully saturated rings. The van der Waals surface area contributed by atoms with Crippen molar-refractivity contribution >= 4 is 17.4 Å². The molecule has 1 amide bonds. The van der Waals surface area contributed by atoms with Crippen molar-refractivity contribution in [2.24, 2.45) is 5.73 Å². The van der Waals surface area contributed by atoms with Crippen LogP contribution in [0.2, 0.25) is 0 Å². The minimum absolute atomic E-state index is 0.262. The van der Waals surface area contributed by atoms with Crippen molar-refractivity contribution in [3.8, 4) is 0 Å². The Morgan fingerprint density at radius 1 is 1.59 bits per heavy atom. The van der Waals surface area contributed by atoms with Crippen LogP contribution in [-0.4, -0.2) is 30.1 Å². The highest BCUT2D eigenvalue weighted by Gasteiger charge is 2.16. The molecule has 0 aliphatic rings. The normalized spacial score (nSPS) is 11.2. The van der Waals surface area contributed by atoms with Crippen LogP contribution in [0.3, 0.4) is 0 Å². The van der Waals surface area contributed by atoms with Gasteiger partial charge >= 0.3 is 0 Å². The van der Waals surface area contributed by atoms with E-state index in [9.17, 15) is 4.79 Å². The van der Waals surface area contributed by atoms with Crippen molar-refractivity contribution < 1.29 is 9.53 Å². The van der Waals surface area contributed by atoms with Gasteiger partial charge in [0.1, 0.15) is 5.82 Å². The van der Waals surface area contributed by atoms with Gasteiger partial charge in [0.2, 0.25) is 0 Å². The maximum absolute atomic E-state index is 11.1. The van der Waals surface area contributed by atoms with Gasteiger partial charge in [-0.1, -0.05) is 0 Å². The van der Waals surface area contributed by atoms with E-state index < -0.39 is 5.91 Å². The van der Waals surface area contributed by atoms with Gasteiger partial charge in [0.15, 0.2) is 0 Å². The summed E-state index contributed by atoms with van der Waals surface area (Å²) in [6.45, 7) is 4.43. The molecular weight excluding hydrogens is 220 g/mol. The third kappa shape index (κ3) is 3.60. The number of nitrogens with one attached hydrogen (secondary N) is 1. The topological polar surface area (TPSA) is 103 Å². The molecule has 0 atom stereocenters. The van der Waals surface area contributed by atoms with E-state index in [2.05, 4.69) is 10.3 Å². The number of hydrogen-bond acceptors (Lipinski definition) is 5. The Balaban J connectivity index is 2.80. The van der Waals surface area contributed by atoms with Crippen LogP contribution in [0.1, 0.15) is 24.2 Å². The highest BCUT2D eigenvalue weighted by molar-refractivity contribution is 5.98. The van der Waals surface area contributed by atoms with E-state index in [1.54, 1.807) is 7.11 Å². The number of aromatic nitrogens is 1. The number of nitrogens with zero attached hydrogens (tertiary/aromatic N) is 1. The molecule has 5 N–H and O–H groups in total. The number of nitrogens with two attached hydrogens (primary N) is 2. The second-order valence-corrected chi connectivity index (χ2v) is 4.34. The molecule has 0 aliphatic carbocycles. The molecule has 0 radical (unpaired) electrons. The number of anilines is 2. The first-order valence-electron chi connectivity index (χ1n) is 5.20. The summed E-state index contributed by atoms with van der Waals surface area (Å²) >= 11 is 0. The van der Waals surface area contributed by atoms with Gasteiger partial charge in [-0.05, 0) is 19.9 Å². The van der Waals surface area contributed by atoms with Crippen molar-refractivity contribution in [3.05, 3.63) is 17.8 Å². The van der Waals surface area contributed by atoms with Gasteiger partial charge < -0.3 is 21.5 Å². The van der Waals surface area contributed by atoms with Gasteiger partial charge in [-0.2, -0.15) is 0 Å². The Hall–Kier alpha value is -1.82. The van der Waals surface area contributed by atoms with Crippen molar-refractivity contribution in [1.29, 1.82) is 0 Å². The van der Waals surface area contributed by atoms with E-state index in [0.29, 0.717) is 12.4 Å². The second-order valence-electron chi connectivity index (χ2n) is 4.34. The predicted octanol–water partition coefficient (Wildman–Crippen LogP) is 0.600. The fourth-order valence-corrected chi connectivity index (χ4v) is 1.15. The van der Waals surface area contributed by atoms with Crippen molar-refractivity contribution in [3.63, 3.8) is 0 Å². The molecule has 6 heteroatoms. The Labute approximate surface area is 100 Å². The van der Waals surface area contributed by atoms with Crippen molar-refractivity contribution in [2.45, 2.75) is 19.4 Å². The zero-order chi connectivity index (χ0) is 13.1. The average Bonchev–Trinajstić information content (AvgIpc) is 2.27. The molecule has 0 spiro atoms. The van der Waals surface area contributed by atoms with Crippen LogP contribution in [0, 0.1) is 0 Å². The molecule has 0 unspecified atom stereocenters. The molecule has 0 bridgehead atoms. The summed E-state index contributed by atoms with van der Waals surface area (Å²) in [5.74, 6) is -0.0305. The van der Waals surface area contributed by atoms with Gasteiger partial charge in [-0.25, -0.2) is 4.98 Å². The number of nitrogen functional groups attached to an aromatic ring is 1. The fraction of sp³-hybridized carbons (Fsp3) is 0.455. The number of methoxy groups -OCH3 is 1. The highest BCUT2D eigenvalue weighted by atomic mass is 16.5. The van der Waals surface area contributed by atoms with Crippen molar-refractivity contribution in [2.75, 3.05) is 24.7 Å². The zero-order valence-corrected chi connectivity index (χ0v) is 10.3. The van der Waals surface area contributed by atoms with Gasteiger partial charge in [0.25, 0.3) is 5.91 Å². The number of primary amides is 1. The molecule has 1 aromatic rings. The van der Waals surface area contributed by atoms with Gasteiger partial charge in [0.05, 0.1) is 23.0 Å². The summed E-state index contributed by atoms with van der Waals surface area (Å²) in [6, 6.07) is 1.53. The Bertz CT molecular complexity index is 418. The first-order chi connectivity index (χ1) is 7.85. The molecule has 0 saturated carbocycles. The maximum atomic E-state index is 11.1. The number of carbonyl (C=O) groups is 1. The lowest BCUT2D eigenvalue weighted by molar-refractivity contribution is 0.0343. The lowest BCUT2D eigenvalue weighted by Crippen LogP contribution is -2.32. The van der Waals surface area contributed by atoms with E-state index in [1.165, 1.54) is 12.3 Å². The van der Waals surface area contributed by atoms with E-state index in [1.807, 2.05) is 13.8 Å². The minimum atomic E-state index is -0.570. The molecule has 1 aromatic heterocycles.